The minimum absolute atomic E-state index is 0.196. The topological polar surface area (TPSA) is 75.8 Å². The number of ether oxygens (including phenoxy) is 1. The standard InChI is InChI=1S/C11H22N2O3/c1-7-9(12)8(14)5-6-13(7)10(15)16-11(2,3)4/h7-9,14H,5-6,12H2,1-4H3/t7-,8?,9?/m0/s1. The second-order valence-corrected chi connectivity index (χ2v) is 5.35. The average Bonchev–Trinajstić information content (AvgIpc) is 2.11. The fraction of sp³-hybridized carbons (Fsp3) is 0.909. The van der Waals surface area contributed by atoms with E-state index in [0.29, 0.717) is 13.0 Å². The molecule has 1 saturated heterocycles. The maximum absolute atomic E-state index is 11.8. The van der Waals surface area contributed by atoms with Gasteiger partial charge in [-0.1, -0.05) is 0 Å². The summed E-state index contributed by atoms with van der Waals surface area (Å²) in [6, 6.07) is -0.597. The molecule has 1 rings (SSSR count). The fourth-order valence-electron chi connectivity index (χ4n) is 1.77. The van der Waals surface area contributed by atoms with Gasteiger partial charge in [0.25, 0.3) is 0 Å². The Morgan fingerprint density at radius 3 is 2.56 bits per heavy atom. The number of hydrogen-bond acceptors (Lipinski definition) is 4. The molecular formula is C11H22N2O3. The number of aliphatic hydroxyl groups excluding tert-OH is 1. The lowest BCUT2D eigenvalue weighted by Crippen LogP contribution is -2.59. The molecule has 0 spiro atoms. The van der Waals surface area contributed by atoms with Crippen molar-refractivity contribution >= 4 is 6.09 Å². The first kappa shape index (κ1) is 13.3. The Balaban J connectivity index is 2.64. The second kappa shape index (κ2) is 4.59. The van der Waals surface area contributed by atoms with Crippen molar-refractivity contribution in [3.05, 3.63) is 0 Å². The summed E-state index contributed by atoms with van der Waals surface area (Å²) < 4.78 is 5.28. The summed E-state index contributed by atoms with van der Waals surface area (Å²) in [4.78, 5) is 13.4. The van der Waals surface area contributed by atoms with Gasteiger partial charge in [-0.05, 0) is 34.1 Å². The van der Waals surface area contributed by atoms with Crippen molar-refractivity contribution in [3.63, 3.8) is 0 Å². The molecule has 1 heterocycles. The lowest BCUT2D eigenvalue weighted by Gasteiger charge is -2.40. The van der Waals surface area contributed by atoms with Gasteiger partial charge in [-0.25, -0.2) is 4.79 Å². The lowest BCUT2D eigenvalue weighted by atomic mass is 9.96. The molecule has 1 aliphatic heterocycles. The highest BCUT2D eigenvalue weighted by atomic mass is 16.6. The SMILES string of the molecule is C[C@H]1C(N)C(O)CCN1C(=O)OC(C)(C)C. The van der Waals surface area contributed by atoms with E-state index in [-0.39, 0.29) is 12.1 Å². The molecule has 0 aromatic carbocycles. The third-order valence-corrected chi connectivity index (χ3v) is 2.79. The number of likely N-dealkylation sites (tertiary alicyclic amines) is 1. The summed E-state index contributed by atoms with van der Waals surface area (Å²) >= 11 is 0. The molecule has 0 aromatic heterocycles. The molecule has 0 saturated carbocycles. The molecule has 3 N–H and O–H groups in total. The van der Waals surface area contributed by atoms with Crippen LogP contribution >= 0.6 is 0 Å². The third kappa shape index (κ3) is 3.09. The van der Waals surface area contributed by atoms with Crippen LogP contribution in [0.25, 0.3) is 0 Å². The minimum atomic E-state index is -0.534. The second-order valence-electron chi connectivity index (χ2n) is 5.35. The van der Waals surface area contributed by atoms with Crippen LogP contribution in [-0.4, -0.2) is 46.4 Å². The van der Waals surface area contributed by atoms with Crippen LogP contribution in [0.4, 0.5) is 4.79 Å². The molecule has 16 heavy (non-hydrogen) atoms. The first-order chi connectivity index (χ1) is 7.22. The molecule has 5 nitrogen and oxygen atoms in total. The van der Waals surface area contributed by atoms with E-state index in [1.807, 2.05) is 27.7 Å². The van der Waals surface area contributed by atoms with Crippen LogP contribution in [0.2, 0.25) is 0 Å². The minimum Gasteiger partial charge on any atom is -0.444 e. The Morgan fingerprint density at radius 1 is 1.50 bits per heavy atom. The average molecular weight is 230 g/mol. The van der Waals surface area contributed by atoms with Gasteiger partial charge in [-0.3, -0.25) is 0 Å². The number of rotatable bonds is 0. The first-order valence-electron chi connectivity index (χ1n) is 5.65. The molecule has 3 atom stereocenters. The maximum Gasteiger partial charge on any atom is 0.410 e. The predicted octanol–water partition coefficient (Wildman–Crippen LogP) is 0.704. The van der Waals surface area contributed by atoms with Crippen molar-refractivity contribution in [2.45, 2.75) is 57.9 Å². The molecule has 5 heteroatoms. The Labute approximate surface area is 96.6 Å². The molecule has 2 unspecified atom stereocenters. The molecule has 0 aliphatic carbocycles. The quantitative estimate of drug-likeness (QED) is 0.642. The summed E-state index contributed by atoms with van der Waals surface area (Å²) in [6.07, 6.45) is -0.388. The van der Waals surface area contributed by atoms with Crippen molar-refractivity contribution in [2.75, 3.05) is 6.54 Å². The van der Waals surface area contributed by atoms with Gasteiger partial charge in [0.2, 0.25) is 0 Å². The van der Waals surface area contributed by atoms with Gasteiger partial charge < -0.3 is 20.5 Å². The molecule has 0 aromatic rings. The van der Waals surface area contributed by atoms with Crippen LogP contribution in [0.1, 0.15) is 34.1 Å². The van der Waals surface area contributed by atoms with Gasteiger partial charge in [-0.2, -0.15) is 0 Å². The van der Waals surface area contributed by atoms with E-state index in [9.17, 15) is 9.90 Å². The van der Waals surface area contributed by atoms with E-state index in [2.05, 4.69) is 0 Å². The highest BCUT2D eigenvalue weighted by Crippen LogP contribution is 2.19. The van der Waals surface area contributed by atoms with Crippen molar-refractivity contribution in [1.82, 2.24) is 4.90 Å². The lowest BCUT2D eigenvalue weighted by molar-refractivity contribution is -0.0124. The number of aliphatic hydroxyl groups is 1. The summed E-state index contributed by atoms with van der Waals surface area (Å²) in [5.41, 5.74) is 5.31. The monoisotopic (exact) mass is 230 g/mol. The van der Waals surface area contributed by atoms with Gasteiger partial charge in [-0.15, -0.1) is 0 Å². The van der Waals surface area contributed by atoms with E-state index in [1.54, 1.807) is 4.90 Å². The van der Waals surface area contributed by atoms with Gasteiger partial charge in [0, 0.05) is 12.6 Å². The Hall–Kier alpha value is -0.810. The van der Waals surface area contributed by atoms with E-state index >= 15 is 0 Å². The number of carbonyl (C=O) groups is 1. The van der Waals surface area contributed by atoms with E-state index in [1.165, 1.54) is 0 Å². The van der Waals surface area contributed by atoms with E-state index in [0.717, 1.165) is 0 Å². The number of carbonyl (C=O) groups excluding carboxylic acids is 1. The van der Waals surface area contributed by atoms with Crippen LogP contribution in [0, 0.1) is 0 Å². The Kier molecular flexibility index (Phi) is 3.80. The zero-order valence-electron chi connectivity index (χ0n) is 10.4. The molecule has 1 amide bonds. The third-order valence-electron chi connectivity index (χ3n) is 2.79. The number of amides is 1. The highest BCUT2D eigenvalue weighted by molar-refractivity contribution is 5.68. The number of nitrogens with zero attached hydrogens (tertiary/aromatic N) is 1. The van der Waals surface area contributed by atoms with Gasteiger partial charge >= 0.3 is 6.09 Å². The van der Waals surface area contributed by atoms with Crippen LogP contribution in [-0.2, 0) is 4.74 Å². The van der Waals surface area contributed by atoms with E-state index < -0.39 is 17.7 Å². The summed E-state index contributed by atoms with van der Waals surface area (Å²) in [5.74, 6) is 0. The number of piperidine rings is 1. The molecule has 1 aliphatic rings. The van der Waals surface area contributed by atoms with Gasteiger partial charge in [0.1, 0.15) is 5.60 Å². The Morgan fingerprint density at radius 2 is 2.06 bits per heavy atom. The van der Waals surface area contributed by atoms with Crippen LogP contribution in [0.15, 0.2) is 0 Å². The van der Waals surface area contributed by atoms with E-state index in [4.69, 9.17) is 10.5 Å². The highest BCUT2D eigenvalue weighted by Gasteiger charge is 2.36. The molecule has 1 fully saturated rings. The maximum atomic E-state index is 11.8. The normalized spacial score (nSPS) is 31.4. The number of hydrogen-bond donors (Lipinski definition) is 2. The number of nitrogens with two attached hydrogens (primary N) is 1. The summed E-state index contributed by atoms with van der Waals surface area (Å²) in [5, 5.41) is 9.58. The Bertz CT molecular complexity index is 262. The van der Waals surface area contributed by atoms with Gasteiger partial charge in [0.05, 0.1) is 12.1 Å². The van der Waals surface area contributed by atoms with Crippen molar-refractivity contribution in [1.29, 1.82) is 0 Å². The molecule has 0 bridgehead atoms. The van der Waals surface area contributed by atoms with Crippen LogP contribution in [0.5, 0.6) is 0 Å². The zero-order chi connectivity index (χ0) is 12.5. The van der Waals surface area contributed by atoms with Crippen molar-refractivity contribution < 1.29 is 14.6 Å². The largest absolute Gasteiger partial charge is 0.444 e. The van der Waals surface area contributed by atoms with Gasteiger partial charge in [0.15, 0.2) is 0 Å². The fourth-order valence-corrected chi connectivity index (χ4v) is 1.77. The molecular weight excluding hydrogens is 208 g/mol. The van der Waals surface area contributed by atoms with Crippen LogP contribution in [0.3, 0.4) is 0 Å². The van der Waals surface area contributed by atoms with Crippen LogP contribution < -0.4 is 5.73 Å². The molecule has 0 radical (unpaired) electrons. The van der Waals surface area contributed by atoms with Crippen molar-refractivity contribution in [3.8, 4) is 0 Å². The summed E-state index contributed by atoms with van der Waals surface area (Å²) in [7, 11) is 0. The van der Waals surface area contributed by atoms with Crippen molar-refractivity contribution in [2.24, 2.45) is 5.73 Å². The zero-order valence-corrected chi connectivity index (χ0v) is 10.4. The summed E-state index contributed by atoms with van der Waals surface area (Å²) in [6.45, 7) is 7.80. The smallest absolute Gasteiger partial charge is 0.410 e. The molecule has 94 valence electrons. The first-order valence-corrected chi connectivity index (χ1v) is 5.65. The predicted molar refractivity (Wildman–Crippen MR) is 61.0 cm³/mol.